The molecule has 4 nitrogen and oxygen atoms in total. The third-order valence-corrected chi connectivity index (χ3v) is 5.74. The first kappa shape index (κ1) is 16.9. The predicted octanol–water partition coefficient (Wildman–Crippen LogP) is 3.42. The highest BCUT2D eigenvalue weighted by Gasteiger charge is 2.23. The van der Waals surface area contributed by atoms with Crippen molar-refractivity contribution in [2.24, 2.45) is 0 Å². The van der Waals surface area contributed by atoms with E-state index in [9.17, 15) is 8.42 Å². The number of hydrogen-bond acceptors (Lipinski definition) is 3. The number of rotatable bonds is 8. The number of halogens is 1. The zero-order valence-electron chi connectivity index (χ0n) is 11.5. The molecule has 0 aliphatic carbocycles. The summed E-state index contributed by atoms with van der Waals surface area (Å²) in [5.41, 5.74) is 0. The van der Waals surface area contributed by atoms with E-state index >= 15 is 0 Å². The highest BCUT2D eigenvalue weighted by molar-refractivity contribution is 7.87. The largest absolute Gasteiger partial charge is 0.280 e. The first-order chi connectivity index (χ1) is 8.90. The van der Waals surface area contributed by atoms with E-state index in [0.717, 1.165) is 17.7 Å². The molecule has 0 aromatic carbocycles. The van der Waals surface area contributed by atoms with Crippen molar-refractivity contribution >= 4 is 33.1 Å². The first-order valence-corrected chi connectivity index (χ1v) is 9.06. The number of hydrogen-bond donors (Lipinski definition) is 1. The van der Waals surface area contributed by atoms with Crippen LogP contribution in [0.4, 0.5) is 0 Å². The number of nitrogens with one attached hydrogen (secondary N) is 1. The quantitative estimate of drug-likeness (QED) is 0.796. The molecule has 0 aliphatic rings. The lowest BCUT2D eigenvalue weighted by atomic mass is 10.3. The fourth-order valence-electron chi connectivity index (χ4n) is 1.77. The molecule has 0 spiro atoms. The summed E-state index contributed by atoms with van der Waals surface area (Å²) >= 11 is 7.26. The van der Waals surface area contributed by atoms with Gasteiger partial charge in [-0.25, -0.2) is 0 Å². The van der Waals surface area contributed by atoms with Gasteiger partial charge < -0.3 is 0 Å². The van der Waals surface area contributed by atoms with Crippen molar-refractivity contribution in [3.8, 4) is 0 Å². The van der Waals surface area contributed by atoms with E-state index in [1.807, 2.05) is 26.8 Å². The maximum absolute atomic E-state index is 12.3. The SMILES string of the molecule is CCCN(CCC)S(=O)(=O)NC(C)c1ccc(Cl)s1. The average molecular weight is 325 g/mol. The van der Waals surface area contributed by atoms with Crippen molar-refractivity contribution in [2.45, 2.75) is 39.7 Å². The molecule has 1 N–H and O–H groups in total. The van der Waals surface area contributed by atoms with Gasteiger partial charge in [-0.3, -0.25) is 0 Å². The molecular formula is C12H21ClN2O2S2. The highest BCUT2D eigenvalue weighted by Crippen LogP contribution is 2.27. The van der Waals surface area contributed by atoms with E-state index in [1.165, 1.54) is 15.6 Å². The van der Waals surface area contributed by atoms with Crippen LogP contribution in [0.2, 0.25) is 4.34 Å². The highest BCUT2D eigenvalue weighted by atomic mass is 35.5. The van der Waals surface area contributed by atoms with Gasteiger partial charge in [0.25, 0.3) is 10.2 Å². The van der Waals surface area contributed by atoms with Crippen LogP contribution in [0.1, 0.15) is 44.5 Å². The molecule has 0 aliphatic heterocycles. The van der Waals surface area contributed by atoms with Crippen molar-refractivity contribution in [1.82, 2.24) is 9.03 Å². The Hall–Kier alpha value is -0.140. The normalized spacial score (nSPS) is 13.9. The van der Waals surface area contributed by atoms with Crippen molar-refractivity contribution in [3.63, 3.8) is 0 Å². The molecule has 0 fully saturated rings. The first-order valence-electron chi connectivity index (χ1n) is 6.43. The standard InChI is InChI=1S/C12H21ClN2O2S2/c1-4-8-15(9-5-2)19(16,17)14-10(3)11-6-7-12(13)18-11/h6-7,10,14H,4-5,8-9H2,1-3H3. The second-order valence-electron chi connectivity index (χ2n) is 4.39. The van der Waals surface area contributed by atoms with E-state index in [4.69, 9.17) is 11.6 Å². The Labute approximate surface area is 125 Å². The molecule has 1 heterocycles. The van der Waals surface area contributed by atoms with Gasteiger partial charge in [0.2, 0.25) is 0 Å². The Morgan fingerprint density at radius 2 is 1.89 bits per heavy atom. The predicted molar refractivity (Wildman–Crippen MR) is 82.0 cm³/mol. The summed E-state index contributed by atoms with van der Waals surface area (Å²) in [7, 11) is -3.44. The van der Waals surface area contributed by atoms with Gasteiger partial charge in [0.15, 0.2) is 0 Å². The topological polar surface area (TPSA) is 49.4 Å². The lowest BCUT2D eigenvalue weighted by Crippen LogP contribution is -2.42. The Morgan fingerprint density at radius 3 is 2.32 bits per heavy atom. The molecule has 0 radical (unpaired) electrons. The van der Waals surface area contributed by atoms with Crippen LogP contribution >= 0.6 is 22.9 Å². The van der Waals surface area contributed by atoms with Gasteiger partial charge in [0, 0.05) is 18.0 Å². The summed E-state index contributed by atoms with van der Waals surface area (Å²) in [6.45, 7) is 6.86. The summed E-state index contributed by atoms with van der Waals surface area (Å²) in [6.07, 6.45) is 1.61. The minimum Gasteiger partial charge on any atom is -0.195 e. The van der Waals surface area contributed by atoms with Crippen molar-refractivity contribution in [1.29, 1.82) is 0 Å². The molecule has 0 bridgehead atoms. The van der Waals surface area contributed by atoms with E-state index in [-0.39, 0.29) is 6.04 Å². The van der Waals surface area contributed by atoms with E-state index in [0.29, 0.717) is 17.4 Å². The summed E-state index contributed by atoms with van der Waals surface area (Å²) in [5.74, 6) is 0. The van der Waals surface area contributed by atoms with Crippen molar-refractivity contribution in [3.05, 3.63) is 21.3 Å². The van der Waals surface area contributed by atoms with Gasteiger partial charge in [-0.2, -0.15) is 17.4 Å². The lowest BCUT2D eigenvalue weighted by Gasteiger charge is -2.23. The molecule has 19 heavy (non-hydrogen) atoms. The van der Waals surface area contributed by atoms with Gasteiger partial charge in [-0.05, 0) is 31.9 Å². The smallest absolute Gasteiger partial charge is 0.195 e. The molecule has 1 aromatic heterocycles. The zero-order valence-corrected chi connectivity index (χ0v) is 13.9. The average Bonchev–Trinajstić information content (AvgIpc) is 2.75. The number of nitrogens with zero attached hydrogens (tertiary/aromatic N) is 1. The van der Waals surface area contributed by atoms with Gasteiger partial charge in [-0.1, -0.05) is 25.4 Å². The second-order valence-corrected chi connectivity index (χ2v) is 7.83. The Morgan fingerprint density at radius 1 is 1.32 bits per heavy atom. The summed E-state index contributed by atoms with van der Waals surface area (Å²) in [5, 5.41) is 0. The van der Waals surface area contributed by atoms with Crippen LogP contribution in [0.15, 0.2) is 12.1 Å². The third-order valence-electron chi connectivity index (χ3n) is 2.63. The fraction of sp³-hybridized carbons (Fsp3) is 0.667. The molecule has 7 heteroatoms. The molecule has 1 rings (SSSR count). The summed E-state index contributed by atoms with van der Waals surface area (Å²) in [4.78, 5) is 0.918. The molecule has 1 atom stereocenters. The van der Waals surface area contributed by atoms with E-state index < -0.39 is 10.2 Å². The molecular weight excluding hydrogens is 304 g/mol. The Bertz CT molecular complexity index is 482. The van der Waals surface area contributed by atoms with Gasteiger partial charge in [0.1, 0.15) is 0 Å². The Kier molecular flexibility index (Phi) is 6.76. The third kappa shape index (κ3) is 5.04. The minimum atomic E-state index is -3.44. The van der Waals surface area contributed by atoms with E-state index in [2.05, 4.69) is 4.72 Å². The van der Waals surface area contributed by atoms with Gasteiger partial charge >= 0.3 is 0 Å². The molecule has 0 saturated heterocycles. The van der Waals surface area contributed by atoms with Crippen LogP contribution in [-0.2, 0) is 10.2 Å². The molecule has 1 unspecified atom stereocenters. The molecule has 0 amide bonds. The minimum absolute atomic E-state index is 0.265. The van der Waals surface area contributed by atoms with Gasteiger partial charge in [0.05, 0.1) is 10.4 Å². The summed E-state index contributed by atoms with van der Waals surface area (Å²) < 4.78 is 29.4. The van der Waals surface area contributed by atoms with Gasteiger partial charge in [-0.15, -0.1) is 11.3 Å². The van der Waals surface area contributed by atoms with Crippen molar-refractivity contribution in [2.75, 3.05) is 13.1 Å². The van der Waals surface area contributed by atoms with Crippen molar-refractivity contribution < 1.29 is 8.42 Å². The molecule has 0 saturated carbocycles. The molecule has 1 aromatic rings. The summed E-state index contributed by atoms with van der Waals surface area (Å²) in [6, 6.07) is 3.37. The lowest BCUT2D eigenvalue weighted by molar-refractivity contribution is 0.398. The monoisotopic (exact) mass is 324 g/mol. The Balaban J connectivity index is 2.76. The zero-order chi connectivity index (χ0) is 14.5. The maximum atomic E-state index is 12.3. The number of thiophene rings is 1. The van der Waals surface area contributed by atoms with Crippen LogP contribution in [0.25, 0.3) is 0 Å². The molecule has 110 valence electrons. The fourth-order valence-corrected chi connectivity index (χ4v) is 4.47. The van der Waals surface area contributed by atoms with Crippen LogP contribution < -0.4 is 4.72 Å². The van der Waals surface area contributed by atoms with Crippen LogP contribution in [0, 0.1) is 0 Å². The van der Waals surface area contributed by atoms with Crippen LogP contribution in [-0.4, -0.2) is 25.8 Å². The van der Waals surface area contributed by atoms with E-state index in [1.54, 1.807) is 6.07 Å². The second kappa shape index (κ2) is 7.59. The van der Waals surface area contributed by atoms with Crippen LogP contribution in [0.5, 0.6) is 0 Å². The maximum Gasteiger partial charge on any atom is 0.280 e. The van der Waals surface area contributed by atoms with Crippen LogP contribution in [0.3, 0.4) is 0 Å².